The van der Waals surface area contributed by atoms with Gasteiger partial charge in [-0.2, -0.15) is 0 Å². The minimum atomic E-state index is 0.894. The van der Waals surface area contributed by atoms with Gasteiger partial charge in [-0.15, -0.1) is 0 Å². The largest absolute Gasteiger partial charge is 0.309 e. The van der Waals surface area contributed by atoms with Gasteiger partial charge in [-0.05, 0) is 47.9 Å². The van der Waals surface area contributed by atoms with Crippen molar-refractivity contribution in [1.29, 1.82) is 0 Å². The summed E-state index contributed by atoms with van der Waals surface area (Å²) >= 11 is 0. The van der Waals surface area contributed by atoms with Gasteiger partial charge >= 0.3 is 0 Å². The quantitative estimate of drug-likeness (QED) is 0.736. The highest BCUT2D eigenvalue weighted by Crippen LogP contribution is 2.42. The summed E-state index contributed by atoms with van der Waals surface area (Å²) in [5.74, 6) is 0.894. The van der Waals surface area contributed by atoms with Crippen LogP contribution in [0.4, 0.5) is 0 Å². The standard InChI is InChI=1S/C12H15N.C2H6/c1-8-4-10-6-13-7-11(10)5-12(8)9-2-3-9;1-2/h4-5,9,13H,2-3,6-7H2,1H3;1-2H3. The van der Waals surface area contributed by atoms with Crippen LogP contribution >= 0.6 is 0 Å². The molecule has 0 aromatic heterocycles. The van der Waals surface area contributed by atoms with Crippen molar-refractivity contribution in [2.75, 3.05) is 0 Å². The van der Waals surface area contributed by atoms with Crippen molar-refractivity contribution in [3.8, 4) is 0 Å². The first-order valence-corrected chi connectivity index (χ1v) is 6.17. The lowest BCUT2D eigenvalue weighted by Crippen LogP contribution is -1.99. The third kappa shape index (κ3) is 2.07. The molecular formula is C14H21N. The molecule has 2 aliphatic rings. The number of hydrogen-bond donors (Lipinski definition) is 1. The Balaban J connectivity index is 0.000000404. The van der Waals surface area contributed by atoms with Crippen molar-refractivity contribution in [2.45, 2.75) is 52.6 Å². The Labute approximate surface area is 92.9 Å². The molecule has 1 N–H and O–H groups in total. The van der Waals surface area contributed by atoms with Crippen LogP contribution in [0.2, 0.25) is 0 Å². The smallest absolute Gasteiger partial charge is 0.0212 e. The van der Waals surface area contributed by atoms with Gasteiger partial charge in [-0.1, -0.05) is 26.0 Å². The normalized spacial score (nSPS) is 18.1. The van der Waals surface area contributed by atoms with Crippen LogP contribution in [0.1, 0.15) is 54.9 Å². The van der Waals surface area contributed by atoms with Gasteiger partial charge in [0.15, 0.2) is 0 Å². The van der Waals surface area contributed by atoms with Crippen LogP contribution in [-0.2, 0) is 13.1 Å². The molecule has 82 valence electrons. The van der Waals surface area contributed by atoms with Crippen LogP contribution in [-0.4, -0.2) is 0 Å². The average Bonchev–Trinajstić information content (AvgIpc) is 3.00. The van der Waals surface area contributed by atoms with E-state index in [1.807, 2.05) is 13.8 Å². The molecule has 1 nitrogen and oxygen atoms in total. The van der Waals surface area contributed by atoms with Crippen molar-refractivity contribution in [3.63, 3.8) is 0 Å². The first kappa shape index (κ1) is 10.7. The number of fused-ring (bicyclic) bond motifs is 1. The zero-order chi connectivity index (χ0) is 10.8. The van der Waals surface area contributed by atoms with E-state index in [1.165, 1.54) is 29.5 Å². The number of hydrogen-bond acceptors (Lipinski definition) is 1. The Kier molecular flexibility index (Phi) is 3.11. The molecule has 0 saturated heterocycles. The maximum absolute atomic E-state index is 3.40. The molecule has 0 radical (unpaired) electrons. The summed E-state index contributed by atoms with van der Waals surface area (Å²) < 4.78 is 0. The molecule has 1 aliphatic heterocycles. The van der Waals surface area contributed by atoms with Gasteiger partial charge in [0.05, 0.1) is 0 Å². The molecule has 1 heteroatoms. The highest BCUT2D eigenvalue weighted by Gasteiger charge is 2.26. The van der Waals surface area contributed by atoms with E-state index >= 15 is 0 Å². The summed E-state index contributed by atoms with van der Waals surface area (Å²) in [7, 11) is 0. The highest BCUT2D eigenvalue weighted by molar-refractivity contribution is 5.42. The first-order valence-electron chi connectivity index (χ1n) is 6.17. The maximum atomic E-state index is 3.40. The van der Waals surface area contributed by atoms with Crippen LogP contribution in [0.3, 0.4) is 0 Å². The monoisotopic (exact) mass is 203 g/mol. The molecule has 1 aromatic carbocycles. The molecule has 0 spiro atoms. The molecule has 0 bridgehead atoms. The predicted molar refractivity (Wildman–Crippen MR) is 65.0 cm³/mol. The first-order chi connectivity index (χ1) is 7.34. The van der Waals surface area contributed by atoms with Gasteiger partial charge < -0.3 is 5.32 Å². The zero-order valence-electron chi connectivity index (χ0n) is 10.1. The third-order valence-corrected chi connectivity index (χ3v) is 3.24. The molecule has 1 heterocycles. The maximum Gasteiger partial charge on any atom is 0.0212 e. The van der Waals surface area contributed by atoms with E-state index in [0.717, 1.165) is 19.0 Å². The van der Waals surface area contributed by atoms with Gasteiger partial charge in [0.25, 0.3) is 0 Å². The van der Waals surface area contributed by atoms with Gasteiger partial charge in [0.1, 0.15) is 0 Å². The molecular weight excluding hydrogens is 182 g/mol. The van der Waals surface area contributed by atoms with E-state index < -0.39 is 0 Å². The fourth-order valence-corrected chi connectivity index (χ4v) is 2.33. The minimum Gasteiger partial charge on any atom is -0.309 e. The van der Waals surface area contributed by atoms with E-state index in [0.29, 0.717) is 0 Å². The summed E-state index contributed by atoms with van der Waals surface area (Å²) in [6.07, 6.45) is 2.82. The van der Waals surface area contributed by atoms with E-state index in [-0.39, 0.29) is 0 Å². The van der Waals surface area contributed by atoms with Crippen molar-refractivity contribution in [1.82, 2.24) is 5.32 Å². The molecule has 0 amide bonds. The molecule has 1 aliphatic carbocycles. The Morgan fingerprint density at radius 3 is 2.27 bits per heavy atom. The fourth-order valence-electron chi connectivity index (χ4n) is 2.33. The number of rotatable bonds is 1. The van der Waals surface area contributed by atoms with E-state index in [2.05, 4.69) is 24.4 Å². The average molecular weight is 203 g/mol. The molecule has 3 rings (SSSR count). The fraction of sp³-hybridized carbons (Fsp3) is 0.571. The van der Waals surface area contributed by atoms with Crippen LogP contribution in [0, 0.1) is 6.92 Å². The Morgan fingerprint density at radius 1 is 1.07 bits per heavy atom. The second-order valence-corrected chi connectivity index (χ2v) is 4.36. The van der Waals surface area contributed by atoms with Crippen molar-refractivity contribution < 1.29 is 0 Å². The number of nitrogens with one attached hydrogen (secondary N) is 1. The summed E-state index contributed by atoms with van der Waals surface area (Å²) in [5, 5.41) is 3.40. The topological polar surface area (TPSA) is 12.0 Å². The molecule has 1 aromatic rings. The Hall–Kier alpha value is -0.820. The van der Waals surface area contributed by atoms with Crippen molar-refractivity contribution >= 4 is 0 Å². The van der Waals surface area contributed by atoms with Crippen LogP contribution in [0.15, 0.2) is 12.1 Å². The number of benzene rings is 1. The lowest BCUT2D eigenvalue weighted by atomic mass is 9.98. The number of aryl methyl sites for hydroxylation is 1. The highest BCUT2D eigenvalue weighted by atomic mass is 14.9. The molecule has 0 atom stereocenters. The lowest BCUT2D eigenvalue weighted by Gasteiger charge is -2.07. The van der Waals surface area contributed by atoms with Crippen LogP contribution < -0.4 is 5.32 Å². The minimum absolute atomic E-state index is 0.894. The van der Waals surface area contributed by atoms with E-state index in [4.69, 9.17) is 0 Å². The lowest BCUT2D eigenvalue weighted by molar-refractivity contribution is 0.764. The molecule has 0 unspecified atom stereocenters. The van der Waals surface area contributed by atoms with Gasteiger partial charge in [-0.25, -0.2) is 0 Å². The van der Waals surface area contributed by atoms with E-state index in [1.54, 1.807) is 5.56 Å². The van der Waals surface area contributed by atoms with E-state index in [9.17, 15) is 0 Å². The predicted octanol–water partition coefficient (Wildman–Crippen LogP) is 3.50. The second kappa shape index (κ2) is 4.36. The SMILES string of the molecule is CC.Cc1cc2c(cc1C1CC1)CNC2. The van der Waals surface area contributed by atoms with Gasteiger partial charge in [0, 0.05) is 13.1 Å². The zero-order valence-corrected chi connectivity index (χ0v) is 10.1. The van der Waals surface area contributed by atoms with Gasteiger partial charge in [-0.3, -0.25) is 0 Å². The Bertz CT molecular complexity index is 351. The molecule has 15 heavy (non-hydrogen) atoms. The Morgan fingerprint density at radius 2 is 1.67 bits per heavy atom. The van der Waals surface area contributed by atoms with Crippen LogP contribution in [0.25, 0.3) is 0 Å². The van der Waals surface area contributed by atoms with Crippen molar-refractivity contribution in [2.24, 2.45) is 0 Å². The summed E-state index contributed by atoms with van der Waals surface area (Å²) in [5.41, 5.74) is 6.17. The third-order valence-electron chi connectivity index (χ3n) is 3.24. The van der Waals surface area contributed by atoms with Crippen molar-refractivity contribution in [3.05, 3.63) is 34.4 Å². The second-order valence-electron chi connectivity index (χ2n) is 4.36. The summed E-state index contributed by atoms with van der Waals surface area (Å²) in [6, 6.07) is 4.81. The molecule has 1 fully saturated rings. The summed E-state index contributed by atoms with van der Waals surface area (Å²) in [6.45, 7) is 8.41. The molecule has 1 saturated carbocycles. The van der Waals surface area contributed by atoms with Crippen LogP contribution in [0.5, 0.6) is 0 Å². The summed E-state index contributed by atoms with van der Waals surface area (Å²) in [4.78, 5) is 0. The van der Waals surface area contributed by atoms with Gasteiger partial charge in [0.2, 0.25) is 0 Å².